The largest absolute Gasteiger partial charge is 0.481 e. The molecule has 0 fully saturated rings. The van der Waals surface area contributed by atoms with E-state index < -0.39 is 85.7 Å². The molecule has 0 aromatic rings. The molecule has 0 aromatic heterocycles. The summed E-state index contributed by atoms with van der Waals surface area (Å²) in [4.78, 5) is 83.2. The Morgan fingerprint density at radius 3 is 1.82 bits per heavy atom. The van der Waals surface area contributed by atoms with Crippen LogP contribution < -0.4 is 38.5 Å². The highest BCUT2D eigenvalue weighted by Crippen LogP contribution is 2.01. The molecule has 14 N–H and O–H groups in total. The van der Waals surface area contributed by atoms with Gasteiger partial charge in [-0.1, -0.05) is 0 Å². The van der Waals surface area contributed by atoms with Gasteiger partial charge in [0.1, 0.15) is 18.1 Å². The third-order valence-electron chi connectivity index (χ3n) is 4.30. The molecule has 222 valence electrons. The predicted molar refractivity (Wildman–Crippen MR) is 133 cm³/mol. The van der Waals surface area contributed by atoms with Crippen LogP contribution in [0.25, 0.3) is 0 Å². The number of rotatable bonds is 17. The SMILES string of the molecule is CC(=O)O.NCC(=O)N[C@@H](CCCN=C(N)N)C(=O)NCC(=O)N[C@@H](CCC(=O)O)C(=O)N[C@@H](CO)C(=O)O. The second-order valence-corrected chi connectivity index (χ2v) is 7.64. The summed E-state index contributed by atoms with van der Waals surface area (Å²) in [6.45, 7) is -0.711. The second kappa shape index (κ2) is 20.5. The van der Waals surface area contributed by atoms with Crippen molar-refractivity contribution in [3.63, 3.8) is 0 Å². The highest BCUT2D eigenvalue weighted by atomic mass is 16.4. The summed E-state index contributed by atoms with van der Waals surface area (Å²) >= 11 is 0. The lowest BCUT2D eigenvalue weighted by atomic mass is 10.1. The number of hydrogen-bond donors (Lipinski definition) is 11. The van der Waals surface area contributed by atoms with Gasteiger partial charge in [0.25, 0.3) is 5.97 Å². The molecule has 0 unspecified atom stereocenters. The number of aliphatic carboxylic acids is 3. The molecule has 0 aliphatic carbocycles. The van der Waals surface area contributed by atoms with Crippen LogP contribution >= 0.6 is 0 Å². The van der Waals surface area contributed by atoms with E-state index in [1.807, 2.05) is 5.32 Å². The van der Waals surface area contributed by atoms with Crippen molar-refractivity contribution in [3.05, 3.63) is 0 Å². The van der Waals surface area contributed by atoms with Gasteiger partial charge < -0.3 is 58.9 Å². The molecule has 19 nitrogen and oxygen atoms in total. The normalized spacial score (nSPS) is 12.2. The van der Waals surface area contributed by atoms with E-state index in [1.165, 1.54) is 0 Å². The molecule has 0 aliphatic heterocycles. The van der Waals surface area contributed by atoms with Gasteiger partial charge in [-0.15, -0.1) is 0 Å². The Hall–Kier alpha value is -4.52. The Kier molecular flexibility index (Phi) is 19.3. The summed E-state index contributed by atoms with van der Waals surface area (Å²) in [5, 5.41) is 43.0. The van der Waals surface area contributed by atoms with Crippen LogP contribution in [0.4, 0.5) is 0 Å². The summed E-state index contributed by atoms with van der Waals surface area (Å²) in [7, 11) is 0. The Morgan fingerprint density at radius 1 is 0.821 bits per heavy atom. The van der Waals surface area contributed by atoms with Crippen LogP contribution in [0.15, 0.2) is 4.99 Å². The van der Waals surface area contributed by atoms with Crippen molar-refractivity contribution in [2.24, 2.45) is 22.2 Å². The summed E-state index contributed by atoms with van der Waals surface area (Å²) in [5.41, 5.74) is 15.7. The van der Waals surface area contributed by atoms with Gasteiger partial charge in [-0.05, 0) is 19.3 Å². The number of guanidine groups is 1. The zero-order valence-electron chi connectivity index (χ0n) is 21.2. The van der Waals surface area contributed by atoms with Crippen LogP contribution in [0, 0.1) is 0 Å². The summed E-state index contributed by atoms with van der Waals surface area (Å²) < 4.78 is 0. The van der Waals surface area contributed by atoms with E-state index >= 15 is 0 Å². The number of nitrogens with two attached hydrogens (primary N) is 3. The van der Waals surface area contributed by atoms with Crippen molar-refractivity contribution in [3.8, 4) is 0 Å². The maximum absolute atomic E-state index is 12.4. The van der Waals surface area contributed by atoms with E-state index in [0.29, 0.717) is 6.42 Å². The van der Waals surface area contributed by atoms with Crippen LogP contribution in [0.3, 0.4) is 0 Å². The van der Waals surface area contributed by atoms with E-state index in [-0.39, 0.29) is 25.5 Å². The maximum atomic E-state index is 12.4. The minimum absolute atomic E-state index is 0.108. The number of hydrogen-bond acceptors (Lipinski definition) is 10. The van der Waals surface area contributed by atoms with Crippen molar-refractivity contribution in [1.29, 1.82) is 0 Å². The van der Waals surface area contributed by atoms with Gasteiger partial charge in [-0.25, -0.2) is 4.79 Å². The van der Waals surface area contributed by atoms with E-state index in [2.05, 4.69) is 20.9 Å². The molecule has 0 heterocycles. The second-order valence-electron chi connectivity index (χ2n) is 7.64. The Morgan fingerprint density at radius 2 is 1.36 bits per heavy atom. The summed E-state index contributed by atoms with van der Waals surface area (Å²) in [6.07, 6.45) is -0.513. The van der Waals surface area contributed by atoms with Gasteiger partial charge in [0.2, 0.25) is 23.6 Å². The van der Waals surface area contributed by atoms with Crippen LogP contribution in [0.1, 0.15) is 32.6 Å². The summed E-state index contributed by atoms with van der Waals surface area (Å²) in [5.74, 6) is -7.11. The Bertz CT molecular complexity index is 889. The van der Waals surface area contributed by atoms with Crippen molar-refractivity contribution < 1.29 is 54.0 Å². The molecule has 0 radical (unpaired) electrons. The molecule has 4 amide bonds. The third-order valence-corrected chi connectivity index (χ3v) is 4.30. The number of amides is 4. The first kappa shape index (κ1) is 36.6. The average molecular weight is 565 g/mol. The fraction of sp³-hybridized carbons (Fsp3) is 0.600. The molecular weight excluding hydrogens is 528 g/mol. The Labute approximate surface area is 222 Å². The number of aliphatic hydroxyl groups excluding tert-OH is 1. The first-order chi connectivity index (χ1) is 18.1. The van der Waals surface area contributed by atoms with E-state index in [4.69, 9.17) is 42.4 Å². The molecule has 3 atom stereocenters. The molecule has 0 saturated carbocycles. The number of carbonyl (C=O) groups is 7. The van der Waals surface area contributed by atoms with E-state index in [1.54, 1.807) is 0 Å². The molecule has 39 heavy (non-hydrogen) atoms. The highest BCUT2D eigenvalue weighted by Gasteiger charge is 2.27. The van der Waals surface area contributed by atoms with Crippen LogP contribution in [-0.4, -0.2) is 112 Å². The highest BCUT2D eigenvalue weighted by molar-refractivity contribution is 5.93. The zero-order valence-corrected chi connectivity index (χ0v) is 21.2. The van der Waals surface area contributed by atoms with Crippen LogP contribution in [0.2, 0.25) is 0 Å². The Balaban J connectivity index is 0. The van der Waals surface area contributed by atoms with Crippen molar-refractivity contribution >= 4 is 47.5 Å². The first-order valence-electron chi connectivity index (χ1n) is 11.3. The molecule has 19 heteroatoms. The lowest BCUT2D eigenvalue weighted by Crippen LogP contribution is -2.55. The summed E-state index contributed by atoms with van der Waals surface area (Å²) in [6, 6.07) is -4.20. The number of aliphatic hydroxyl groups is 1. The number of carboxylic acids is 3. The van der Waals surface area contributed by atoms with Gasteiger partial charge in [-0.2, -0.15) is 0 Å². The third kappa shape index (κ3) is 20.2. The molecular formula is C20H36N8O11. The van der Waals surface area contributed by atoms with E-state index in [0.717, 1.165) is 6.92 Å². The average Bonchev–Trinajstić information content (AvgIpc) is 2.84. The number of aliphatic imine (C=N–C) groups is 1. The monoisotopic (exact) mass is 564 g/mol. The first-order valence-corrected chi connectivity index (χ1v) is 11.3. The van der Waals surface area contributed by atoms with Crippen LogP contribution in [-0.2, 0) is 33.6 Å². The smallest absolute Gasteiger partial charge is 0.328 e. The molecule has 0 bridgehead atoms. The number of nitrogens with one attached hydrogen (secondary N) is 4. The fourth-order valence-corrected chi connectivity index (χ4v) is 2.56. The van der Waals surface area contributed by atoms with Crippen molar-refractivity contribution in [2.45, 2.75) is 50.7 Å². The van der Waals surface area contributed by atoms with Gasteiger partial charge in [0.05, 0.1) is 19.7 Å². The predicted octanol–water partition coefficient (Wildman–Crippen LogP) is -5.40. The molecule has 0 spiro atoms. The van der Waals surface area contributed by atoms with Gasteiger partial charge in [0, 0.05) is 19.9 Å². The number of nitrogens with zero attached hydrogens (tertiary/aromatic N) is 1. The maximum Gasteiger partial charge on any atom is 0.328 e. The molecule has 0 aliphatic rings. The molecule has 0 aromatic carbocycles. The van der Waals surface area contributed by atoms with Crippen LogP contribution in [0.5, 0.6) is 0 Å². The molecule has 0 saturated heterocycles. The number of carbonyl (C=O) groups excluding carboxylic acids is 4. The zero-order chi connectivity index (χ0) is 30.5. The standard InChI is InChI=1S/C18H32N8O9.C2H4O2/c19-6-12(28)24-9(2-1-5-22-18(20)21)15(32)23-7-13(29)25-10(3-4-14(30)31)16(33)26-11(8-27)17(34)35;1-2(3)4/h9-11,27H,1-8,19H2,(H,23,32)(H,24,28)(H,25,29)(H,26,33)(H,30,31)(H,34,35)(H4,20,21,22);1H3,(H,3,4)/t9-,10-,11-;/m0./s1. The topological polar surface area (TPSA) is 339 Å². The van der Waals surface area contributed by atoms with Crippen molar-refractivity contribution in [2.75, 3.05) is 26.2 Å². The minimum Gasteiger partial charge on any atom is -0.481 e. The van der Waals surface area contributed by atoms with Gasteiger partial charge in [0.15, 0.2) is 5.96 Å². The molecule has 0 rings (SSSR count). The quantitative estimate of drug-likeness (QED) is 0.0446. The van der Waals surface area contributed by atoms with Gasteiger partial charge >= 0.3 is 11.9 Å². The van der Waals surface area contributed by atoms with Gasteiger partial charge in [-0.3, -0.25) is 33.8 Å². The number of carboxylic acid groups (broad SMARTS) is 3. The lowest BCUT2D eigenvalue weighted by molar-refractivity contribution is -0.144. The fourth-order valence-electron chi connectivity index (χ4n) is 2.56. The van der Waals surface area contributed by atoms with E-state index in [9.17, 15) is 28.8 Å². The lowest BCUT2D eigenvalue weighted by Gasteiger charge is -2.21. The van der Waals surface area contributed by atoms with Crippen molar-refractivity contribution in [1.82, 2.24) is 21.3 Å². The minimum atomic E-state index is -1.67.